The molecule has 22 heavy (non-hydrogen) atoms. The molecule has 0 bridgehead atoms. The van der Waals surface area contributed by atoms with E-state index in [-0.39, 0.29) is 12.5 Å². The van der Waals surface area contributed by atoms with Crippen LogP contribution < -0.4 is 10.1 Å². The molecule has 6 heteroatoms. The van der Waals surface area contributed by atoms with Crippen molar-refractivity contribution in [3.05, 3.63) is 30.3 Å². The SMILES string of the molecule is COCC(=O)NCC1(COc2ccccc2)C[C@@H](O)[C@@H](O)C1. The number of ether oxygens (including phenoxy) is 2. The normalized spacial score (nSPS) is 27.6. The summed E-state index contributed by atoms with van der Waals surface area (Å²) in [7, 11) is 1.46. The van der Waals surface area contributed by atoms with E-state index in [0.29, 0.717) is 26.0 Å². The van der Waals surface area contributed by atoms with Gasteiger partial charge in [-0.2, -0.15) is 0 Å². The molecule has 0 aliphatic heterocycles. The Morgan fingerprint density at radius 1 is 1.27 bits per heavy atom. The van der Waals surface area contributed by atoms with E-state index in [1.54, 1.807) is 0 Å². The van der Waals surface area contributed by atoms with Crippen molar-refractivity contribution in [2.45, 2.75) is 25.0 Å². The first-order chi connectivity index (χ1) is 10.5. The van der Waals surface area contributed by atoms with Crippen LogP contribution in [0.4, 0.5) is 0 Å². The van der Waals surface area contributed by atoms with Crippen molar-refractivity contribution in [1.82, 2.24) is 5.32 Å². The number of methoxy groups -OCH3 is 1. The fraction of sp³-hybridized carbons (Fsp3) is 0.562. The van der Waals surface area contributed by atoms with E-state index in [2.05, 4.69) is 5.32 Å². The average molecular weight is 309 g/mol. The van der Waals surface area contributed by atoms with Crippen LogP contribution in [0.5, 0.6) is 5.75 Å². The van der Waals surface area contributed by atoms with E-state index >= 15 is 0 Å². The quantitative estimate of drug-likeness (QED) is 0.675. The van der Waals surface area contributed by atoms with E-state index in [1.807, 2.05) is 30.3 Å². The van der Waals surface area contributed by atoms with Gasteiger partial charge in [0.25, 0.3) is 0 Å². The molecule has 1 aliphatic rings. The second-order valence-corrected chi connectivity index (χ2v) is 5.85. The van der Waals surface area contributed by atoms with Gasteiger partial charge in [0.2, 0.25) is 5.91 Å². The highest BCUT2D eigenvalue weighted by molar-refractivity contribution is 5.77. The van der Waals surface area contributed by atoms with Crippen molar-refractivity contribution in [3.63, 3.8) is 0 Å². The van der Waals surface area contributed by atoms with Crippen LogP contribution in [-0.2, 0) is 9.53 Å². The number of hydrogen-bond acceptors (Lipinski definition) is 5. The van der Waals surface area contributed by atoms with Crippen molar-refractivity contribution in [2.75, 3.05) is 26.9 Å². The number of carbonyl (C=O) groups is 1. The second-order valence-electron chi connectivity index (χ2n) is 5.85. The third kappa shape index (κ3) is 4.43. The van der Waals surface area contributed by atoms with Crippen LogP contribution in [0.3, 0.4) is 0 Å². The molecule has 1 aromatic rings. The van der Waals surface area contributed by atoms with Crippen LogP contribution in [0, 0.1) is 5.41 Å². The predicted molar refractivity (Wildman–Crippen MR) is 80.5 cm³/mol. The molecule has 6 nitrogen and oxygen atoms in total. The molecule has 1 aromatic carbocycles. The first-order valence-corrected chi connectivity index (χ1v) is 7.34. The zero-order chi connectivity index (χ0) is 16.0. The molecule has 0 spiro atoms. The number of benzene rings is 1. The maximum Gasteiger partial charge on any atom is 0.246 e. The van der Waals surface area contributed by atoms with E-state index < -0.39 is 17.6 Å². The van der Waals surface area contributed by atoms with Gasteiger partial charge < -0.3 is 25.0 Å². The van der Waals surface area contributed by atoms with Crippen LogP contribution >= 0.6 is 0 Å². The van der Waals surface area contributed by atoms with Crippen LogP contribution in [-0.4, -0.2) is 55.2 Å². The Kier molecular flexibility index (Phi) is 5.76. The highest BCUT2D eigenvalue weighted by Crippen LogP contribution is 2.38. The fourth-order valence-electron chi connectivity index (χ4n) is 2.78. The largest absolute Gasteiger partial charge is 0.493 e. The Bertz CT molecular complexity index is 469. The molecular formula is C16H23NO5. The lowest BCUT2D eigenvalue weighted by molar-refractivity contribution is -0.125. The van der Waals surface area contributed by atoms with Gasteiger partial charge in [0, 0.05) is 19.1 Å². The Hall–Kier alpha value is -1.63. The molecule has 1 amide bonds. The molecule has 3 N–H and O–H groups in total. The number of amides is 1. The number of carbonyl (C=O) groups excluding carboxylic acids is 1. The summed E-state index contributed by atoms with van der Waals surface area (Å²) in [5.74, 6) is 0.499. The summed E-state index contributed by atoms with van der Waals surface area (Å²) in [5.41, 5.74) is -0.488. The first kappa shape index (κ1) is 16.7. The molecule has 0 saturated heterocycles. The van der Waals surface area contributed by atoms with Gasteiger partial charge in [-0.1, -0.05) is 18.2 Å². The molecule has 0 radical (unpaired) electrons. The van der Waals surface area contributed by atoms with E-state index in [1.165, 1.54) is 7.11 Å². The average Bonchev–Trinajstić information content (AvgIpc) is 2.80. The molecule has 3 atom stereocenters. The summed E-state index contributed by atoms with van der Waals surface area (Å²) < 4.78 is 10.6. The highest BCUT2D eigenvalue weighted by Gasteiger charge is 2.45. The monoisotopic (exact) mass is 309 g/mol. The third-order valence-electron chi connectivity index (χ3n) is 3.95. The maximum absolute atomic E-state index is 11.6. The lowest BCUT2D eigenvalue weighted by atomic mass is 9.86. The fourth-order valence-corrected chi connectivity index (χ4v) is 2.78. The Labute approximate surface area is 130 Å². The minimum Gasteiger partial charge on any atom is -0.493 e. The number of aliphatic hydroxyl groups is 2. The van der Waals surface area contributed by atoms with Gasteiger partial charge in [-0.25, -0.2) is 0 Å². The first-order valence-electron chi connectivity index (χ1n) is 7.34. The van der Waals surface area contributed by atoms with Crippen molar-refractivity contribution in [1.29, 1.82) is 0 Å². The third-order valence-corrected chi connectivity index (χ3v) is 3.95. The molecule has 2 rings (SSSR count). The number of rotatable bonds is 7. The van der Waals surface area contributed by atoms with Gasteiger partial charge in [0.05, 0.1) is 18.8 Å². The van der Waals surface area contributed by atoms with Crippen LogP contribution in [0.2, 0.25) is 0 Å². The van der Waals surface area contributed by atoms with Crippen molar-refractivity contribution < 1.29 is 24.5 Å². The van der Waals surface area contributed by atoms with Crippen LogP contribution in [0.25, 0.3) is 0 Å². The predicted octanol–water partition coefficient (Wildman–Crippen LogP) is 0.330. The standard InChI is InChI=1S/C16H23NO5/c1-21-9-15(20)17-10-16(7-13(18)14(19)8-16)11-22-12-5-3-2-4-6-12/h2-6,13-14,18-19H,7-11H2,1H3,(H,17,20)/t13-,14+,16?. The maximum atomic E-state index is 11.6. The number of para-hydroxylation sites is 1. The lowest BCUT2D eigenvalue weighted by Crippen LogP contribution is -2.41. The molecule has 1 fully saturated rings. The van der Waals surface area contributed by atoms with Crippen LogP contribution in [0.15, 0.2) is 30.3 Å². The highest BCUT2D eigenvalue weighted by atomic mass is 16.5. The number of nitrogens with one attached hydrogen (secondary N) is 1. The van der Waals surface area contributed by atoms with Crippen molar-refractivity contribution >= 4 is 5.91 Å². The van der Waals surface area contributed by atoms with Gasteiger partial charge >= 0.3 is 0 Å². The van der Waals surface area contributed by atoms with E-state index in [9.17, 15) is 15.0 Å². The summed E-state index contributed by atoms with van der Waals surface area (Å²) in [6.07, 6.45) is -0.819. The van der Waals surface area contributed by atoms with Gasteiger partial charge in [0.1, 0.15) is 12.4 Å². The van der Waals surface area contributed by atoms with Gasteiger partial charge in [-0.3, -0.25) is 4.79 Å². The minimum atomic E-state index is -0.793. The summed E-state index contributed by atoms with van der Waals surface area (Å²) in [5, 5.41) is 22.5. The summed E-state index contributed by atoms with van der Waals surface area (Å²) >= 11 is 0. The Balaban J connectivity index is 1.98. The van der Waals surface area contributed by atoms with E-state index in [0.717, 1.165) is 5.75 Å². The van der Waals surface area contributed by atoms with E-state index in [4.69, 9.17) is 9.47 Å². The summed E-state index contributed by atoms with van der Waals surface area (Å²) in [6.45, 7) is 0.634. The second kappa shape index (κ2) is 7.58. The molecule has 1 saturated carbocycles. The molecule has 1 aliphatic carbocycles. The van der Waals surface area contributed by atoms with Crippen LogP contribution in [0.1, 0.15) is 12.8 Å². The zero-order valence-corrected chi connectivity index (χ0v) is 12.7. The van der Waals surface area contributed by atoms with Gasteiger partial charge in [0.15, 0.2) is 0 Å². The topological polar surface area (TPSA) is 88.0 Å². The number of hydrogen-bond donors (Lipinski definition) is 3. The zero-order valence-electron chi connectivity index (χ0n) is 12.7. The minimum absolute atomic E-state index is 0.0132. The molecular weight excluding hydrogens is 286 g/mol. The number of aliphatic hydroxyl groups excluding tert-OH is 2. The lowest BCUT2D eigenvalue weighted by Gasteiger charge is -2.29. The van der Waals surface area contributed by atoms with Crippen molar-refractivity contribution in [3.8, 4) is 5.75 Å². The Morgan fingerprint density at radius 3 is 2.50 bits per heavy atom. The van der Waals surface area contributed by atoms with Gasteiger partial charge in [-0.15, -0.1) is 0 Å². The molecule has 1 unspecified atom stereocenters. The molecule has 0 aromatic heterocycles. The van der Waals surface area contributed by atoms with Crippen molar-refractivity contribution in [2.24, 2.45) is 5.41 Å². The molecule has 0 heterocycles. The Morgan fingerprint density at radius 2 is 1.91 bits per heavy atom. The molecule has 122 valence electrons. The smallest absolute Gasteiger partial charge is 0.246 e. The summed E-state index contributed by atoms with van der Waals surface area (Å²) in [4.78, 5) is 11.6. The van der Waals surface area contributed by atoms with Gasteiger partial charge in [-0.05, 0) is 25.0 Å². The summed E-state index contributed by atoms with van der Waals surface area (Å²) in [6, 6.07) is 9.34.